The third-order valence-corrected chi connectivity index (χ3v) is 3.97. The highest BCUT2D eigenvalue weighted by atomic mass is 16.3. The van der Waals surface area contributed by atoms with Gasteiger partial charge in [0.1, 0.15) is 5.52 Å². The molecule has 3 heterocycles. The predicted molar refractivity (Wildman–Crippen MR) is 92.6 cm³/mol. The van der Waals surface area contributed by atoms with Gasteiger partial charge in [0.15, 0.2) is 5.82 Å². The Kier molecular flexibility index (Phi) is 4.34. The van der Waals surface area contributed by atoms with Crippen LogP contribution < -0.4 is 10.2 Å². The molecule has 1 saturated heterocycles. The van der Waals surface area contributed by atoms with Crippen LogP contribution in [-0.2, 0) is 0 Å². The van der Waals surface area contributed by atoms with Crippen molar-refractivity contribution in [2.75, 3.05) is 23.4 Å². The molecule has 1 aliphatic heterocycles. The number of aromatic nitrogens is 3. The Morgan fingerprint density at radius 1 is 1.52 bits per heavy atom. The first-order valence-corrected chi connectivity index (χ1v) is 7.92. The minimum absolute atomic E-state index is 0.0943. The van der Waals surface area contributed by atoms with E-state index in [-0.39, 0.29) is 12.6 Å². The SMILES string of the molecule is C=C(C=C(C)C)Nc1nc(N2CCCC2CO)nn2cccc12. The predicted octanol–water partition coefficient (Wildman–Crippen LogP) is 2.58. The smallest absolute Gasteiger partial charge is 0.245 e. The maximum absolute atomic E-state index is 9.54. The lowest BCUT2D eigenvalue weighted by atomic mass is 10.2. The Hall–Kier alpha value is -2.34. The van der Waals surface area contributed by atoms with E-state index in [4.69, 9.17) is 0 Å². The molecule has 0 aromatic carbocycles. The summed E-state index contributed by atoms with van der Waals surface area (Å²) in [5.74, 6) is 1.36. The summed E-state index contributed by atoms with van der Waals surface area (Å²) in [5, 5.41) is 17.4. The van der Waals surface area contributed by atoms with Crippen LogP contribution in [0, 0.1) is 0 Å². The van der Waals surface area contributed by atoms with Gasteiger partial charge in [-0.05, 0) is 44.9 Å². The molecule has 2 N–H and O–H groups in total. The molecule has 0 spiro atoms. The fourth-order valence-electron chi connectivity index (χ4n) is 2.96. The van der Waals surface area contributed by atoms with E-state index in [0.29, 0.717) is 5.95 Å². The molecule has 1 atom stereocenters. The minimum atomic E-state index is 0.0943. The quantitative estimate of drug-likeness (QED) is 0.831. The van der Waals surface area contributed by atoms with Crippen molar-refractivity contribution < 1.29 is 5.11 Å². The van der Waals surface area contributed by atoms with Gasteiger partial charge in [-0.25, -0.2) is 4.52 Å². The van der Waals surface area contributed by atoms with Crippen LogP contribution >= 0.6 is 0 Å². The van der Waals surface area contributed by atoms with Gasteiger partial charge in [-0.2, -0.15) is 4.98 Å². The zero-order valence-corrected chi connectivity index (χ0v) is 13.7. The molecule has 0 aliphatic carbocycles. The third kappa shape index (κ3) is 3.22. The number of aliphatic hydroxyl groups excluding tert-OH is 1. The largest absolute Gasteiger partial charge is 0.394 e. The molecule has 0 bridgehead atoms. The molecule has 6 heteroatoms. The molecular weight excluding hydrogens is 290 g/mol. The number of hydrogen-bond acceptors (Lipinski definition) is 5. The summed E-state index contributed by atoms with van der Waals surface area (Å²) in [4.78, 5) is 6.76. The van der Waals surface area contributed by atoms with Crippen molar-refractivity contribution in [3.05, 3.63) is 42.3 Å². The lowest BCUT2D eigenvalue weighted by Crippen LogP contribution is -2.34. The molecule has 0 saturated carbocycles. The lowest BCUT2D eigenvalue weighted by molar-refractivity contribution is 0.265. The van der Waals surface area contributed by atoms with Crippen LogP contribution in [0.5, 0.6) is 0 Å². The van der Waals surface area contributed by atoms with Crippen molar-refractivity contribution in [1.82, 2.24) is 14.6 Å². The van der Waals surface area contributed by atoms with Gasteiger partial charge in [-0.3, -0.25) is 0 Å². The molecule has 0 amide bonds. The van der Waals surface area contributed by atoms with Crippen LogP contribution in [0.15, 0.2) is 42.3 Å². The van der Waals surface area contributed by atoms with Crippen molar-refractivity contribution in [3.63, 3.8) is 0 Å². The highest BCUT2D eigenvalue weighted by molar-refractivity contribution is 5.71. The zero-order valence-electron chi connectivity index (χ0n) is 13.7. The zero-order chi connectivity index (χ0) is 16.4. The van der Waals surface area contributed by atoms with Gasteiger partial charge in [0.2, 0.25) is 5.95 Å². The summed E-state index contributed by atoms with van der Waals surface area (Å²) >= 11 is 0. The van der Waals surface area contributed by atoms with Crippen LogP contribution in [0.3, 0.4) is 0 Å². The van der Waals surface area contributed by atoms with Crippen LogP contribution in [0.4, 0.5) is 11.8 Å². The summed E-state index contributed by atoms with van der Waals surface area (Å²) in [6.45, 7) is 9.08. The molecular formula is C17H23N5O. The van der Waals surface area contributed by atoms with Crippen LogP contribution in [0.1, 0.15) is 26.7 Å². The molecule has 0 radical (unpaired) electrons. The Bertz CT molecular complexity index is 745. The Balaban J connectivity index is 1.98. The first-order valence-electron chi connectivity index (χ1n) is 7.92. The number of rotatable bonds is 5. The topological polar surface area (TPSA) is 65.7 Å². The molecule has 1 aliphatic rings. The van der Waals surface area contributed by atoms with Gasteiger partial charge in [0.25, 0.3) is 0 Å². The van der Waals surface area contributed by atoms with Crippen molar-refractivity contribution in [3.8, 4) is 0 Å². The Morgan fingerprint density at radius 3 is 3.09 bits per heavy atom. The highest BCUT2D eigenvalue weighted by Gasteiger charge is 2.27. The second-order valence-corrected chi connectivity index (χ2v) is 6.14. The average Bonchev–Trinajstić information content (AvgIpc) is 3.14. The number of aliphatic hydroxyl groups is 1. The maximum Gasteiger partial charge on any atom is 0.245 e. The van der Waals surface area contributed by atoms with E-state index < -0.39 is 0 Å². The number of nitrogens with zero attached hydrogens (tertiary/aromatic N) is 4. The van der Waals surface area contributed by atoms with Crippen molar-refractivity contribution in [2.24, 2.45) is 0 Å². The normalized spacial score (nSPS) is 17.5. The summed E-state index contributed by atoms with van der Waals surface area (Å²) in [6, 6.07) is 4.00. The van der Waals surface area contributed by atoms with Crippen molar-refractivity contribution in [2.45, 2.75) is 32.7 Å². The van der Waals surface area contributed by atoms with Gasteiger partial charge in [-0.1, -0.05) is 12.2 Å². The molecule has 122 valence electrons. The first-order chi connectivity index (χ1) is 11.1. The van der Waals surface area contributed by atoms with E-state index in [1.54, 1.807) is 0 Å². The van der Waals surface area contributed by atoms with Gasteiger partial charge in [0.05, 0.1) is 12.6 Å². The fraction of sp³-hybridized carbons (Fsp3) is 0.412. The van der Waals surface area contributed by atoms with Crippen LogP contribution in [-0.4, -0.2) is 38.9 Å². The fourth-order valence-corrected chi connectivity index (χ4v) is 2.96. The van der Waals surface area contributed by atoms with Crippen molar-refractivity contribution >= 4 is 17.3 Å². The second kappa shape index (κ2) is 6.42. The monoisotopic (exact) mass is 313 g/mol. The summed E-state index contributed by atoms with van der Waals surface area (Å²) < 4.78 is 1.81. The highest BCUT2D eigenvalue weighted by Crippen LogP contribution is 2.25. The van der Waals surface area contributed by atoms with E-state index in [2.05, 4.69) is 26.9 Å². The summed E-state index contributed by atoms with van der Waals surface area (Å²) in [7, 11) is 0. The van der Waals surface area contributed by atoms with Crippen LogP contribution in [0.2, 0.25) is 0 Å². The van der Waals surface area contributed by atoms with E-state index in [9.17, 15) is 5.11 Å². The number of hydrogen-bond donors (Lipinski definition) is 2. The maximum atomic E-state index is 9.54. The lowest BCUT2D eigenvalue weighted by Gasteiger charge is -2.23. The molecule has 2 aromatic rings. The minimum Gasteiger partial charge on any atom is -0.394 e. The molecule has 3 rings (SSSR count). The van der Waals surface area contributed by atoms with E-state index in [0.717, 1.165) is 36.4 Å². The van der Waals surface area contributed by atoms with Crippen molar-refractivity contribution in [1.29, 1.82) is 0 Å². The Labute approximate surface area is 136 Å². The van der Waals surface area contributed by atoms with Gasteiger partial charge in [0, 0.05) is 18.4 Å². The number of anilines is 2. The van der Waals surface area contributed by atoms with E-state index in [1.807, 2.05) is 42.8 Å². The number of allylic oxidation sites excluding steroid dienone is 2. The first kappa shape index (κ1) is 15.6. The van der Waals surface area contributed by atoms with E-state index >= 15 is 0 Å². The molecule has 1 fully saturated rings. The molecule has 1 unspecified atom stereocenters. The van der Waals surface area contributed by atoms with Crippen LogP contribution in [0.25, 0.3) is 5.52 Å². The second-order valence-electron chi connectivity index (χ2n) is 6.14. The summed E-state index contributed by atoms with van der Waals surface area (Å²) in [5.41, 5.74) is 2.86. The molecule has 23 heavy (non-hydrogen) atoms. The number of fused-ring (bicyclic) bond motifs is 1. The Morgan fingerprint density at radius 2 is 2.35 bits per heavy atom. The van der Waals surface area contributed by atoms with Gasteiger partial charge < -0.3 is 15.3 Å². The average molecular weight is 313 g/mol. The summed E-state index contributed by atoms with van der Waals surface area (Å²) in [6.07, 6.45) is 5.90. The molecule has 2 aromatic heterocycles. The van der Waals surface area contributed by atoms with Gasteiger partial charge >= 0.3 is 0 Å². The third-order valence-electron chi connectivity index (χ3n) is 3.97. The van der Waals surface area contributed by atoms with Gasteiger partial charge in [-0.15, -0.1) is 5.10 Å². The molecule has 6 nitrogen and oxygen atoms in total. The standard InChI is InChI=1S/C17H23N5O/c1-12(2)10-13(3)18-16-15-7-5-9-22(15)20-17(19-16)21-8-4-6-14(21)11-23/h5,7,9-10,14,23H,3-4,6,8,11H2,1-2H3,(H,18,19,20). The number of nitrogens with one attached hydrogen (secondary N) is 1. The van der Waals surface area contributed by atoms with E-state index in [1.165, 1.54) is 5.57 Å².